The molecular formula is C24H17FN4O3. The zero-order valence-electron chi connectivity index (χ0n) is 16.8. The van der Waals surface area contributed by atoms with Crippen LogP contribution in [0.4, 0.5) is 4.39 Å². The second-order valence-electron chi connectivity index (χ2n) is 7.64. The first-order valence-corrected chi connectivity index (χ1v) is 10.2. The maximum absolute atomic E-state index is 13.5. The van der Waals surface area contributed by atoms with Gasteiger partial charge < -0.3 is 18.7 Å². The summed E-state index contributed by atoms with van der Waals surface area (Å²) in [6, 6.07) is 14.9. The molecule has 8 heteroatoms. The number of nitrogens with zero attached hydrogens (tertiary/aromatic N) is 3. The number of imidazole rings is 1. The minimum atomic E-state index is -0.496. The maximum Gasteiger partial charge on any atom is 0.292 e. The van der Waals surface area contributed by atoms with Crippen molar-refractivity contribution < 1.29 is 18.0 Å². The zero-order valence-corrected chi connectivity index (χ0v) is 16.8. The van der Waals surface area contributed by atoms with Gasteiger partial charge >= 0.3 is 0 Å². The van der Waals surface area contributed by atoms with Gasteiger partial charge in [-0.15, -0.1) is 0 Å². The highest BCUT2D eigenvalue weighted by Gasteiger charge is 2.38. The Hall–Kier alpha value is -4.20. The molecule has 0 unspecified atom stereocenters. The Labute approximate surface area is 181 Å². The molecule has 32 heavy (non-hydrogen) atoms. The van der Waals surface area contributed by atoms with E-state index in [1.807, 2.05) is 30.3 Å². The van der Waals surface area contributed by atoms with Gasteiger partial charge in [0.2, 0.25) is 11.7 Å². The summed E-state index contributed by atoms with van der Waals surface area (Å²) in [6.07, 6.45) is 3.67. The lowest BCUT2D eigenvalue weighted by atomic mass is 10.00. The van der Waals surface area contributed by atoms with Gasteiger partial charge in [-0.05, 0) is 36.4 Å². The summed E-state index contributed by atoms with van der Waals surface area (Å²) < 4.78 is 25.1. The van der Waals surface area contributed by atoms with Crippen LogP contribution in [-0.2, 0) is 6.42 Å². The molecule has 1 amide bonds. The number of H-pyrrole nitrogens is 1. The number of fused-ring (bicyclic) bond motifs is 2. The molecule has 0 saturated heterocycles. The molecule has 0 saturated carbocycles. The lowest BCUT2D eigenvalue weighted by Gasteiger charge is -2.33. The van der Waals surface area contributed by atoms with Gasteiger partial charge in [-0.3, -0.25) is 4.79 Å². The van der Waals surface area contributed by atoms with E-state index in [-0.39, 0.29) is 23.4 Å². The predicted octanol–water partition coefficient (Wildman–Crippen LogP) is 4.74. The van der Waals surface area contributed by atoms with E-state index in [0.29, 0.717) is 24.3 Å². The Morgan fingerprint density at radius 1 is 1.09 bits per heavy atom. The smallest absolute Gasteiger partial charge is 0.292 e. The highest BCUT2D eigenvalue weighted by Crippen LogP contribution is 2.37. The molecule has 1 aliphatic heterocycles. The number of hydrogen-bond donors (Lipinski definition) is 1. The molecule has 2 aromatic carbocycles. The molecule has 0 radical (unpaired) electrons. The van der Waals surface area contributed by atoms with Gasteiger partial charge in [-0.1, -0.05) is 18.2 Å². The SMILES string of the molecule is O=C(c1cnc(-c2ccc(F)cc2)o1)N1CCc2[nH]cnc2[C@H]1c1cc2ccccc2o1. The summed E-state index contributed by atoms with van der Waals surface area (Å²) in [7, 11) is 0. The van der Waals surface area contributed by atoms with Crippen molar-refractivity contribution in [3.05, 3.63) is 95.8 Å². The van der Waals surface area contributed by atoms with Crippen LogP contribution >= 0.6 is 0 Å². The van der Waals surface area contributed by atoms with E-state index in [1.165, 1.54) is 18.3 Å². The summed E-state index contributed by atoms with van der Waals surface area (Å²) in [5.74, 6) is 0.319. The van der Waals surface area contributed by atoms with Crippen molar-refractivity contribution in [2.75, 3.05) is 6.54 Å². The largest absolute Gasteiger partial charge is 0.458 e. The molecule has 6 rings (SSSR count). The highest BCUT2D eigenvalue weighted by atomic mass is 19.1. The van der Waals surface area contributed by atoms with Crippen molar-refractivity contribution in [3.63, 3.8) is 0 Å². The van der Waals surface area contributed by atoms with Crippen LogP contribution in [-0.4, -0.2) is 32.3 Å². The molecule has 3 aromatic heterocycles. The van der Waals surface area contributed by atoms with Crippen molar-refractivity contribution in [1.29, 1.82) is 0 Å². The molecule has 5 aromatic rings. The Morgan fingerprint density at radius 3 is 2.78 bits per heavy atom. The number of hydrogen-bond acceptors (Lipinski definition) is 5. The molecule has 0 spiro atoms. The van der Waals surface area contributed by atoms with Gasteiger partial charge in [0.1, 0.15) is 23.2 Å². The molecule has 158 valence electrons. The van der Waals surface area contributed by atoms with Gasteiger partial charge in [0, 0.05) is 29.6 Å². The minimum Gasteiger partial charge on any atom is -0.458 e. The molecule has 0 fully saturated rings. The van der Waals surface area contributed by atoms with E-state index < -0.39 is 6.04 Å². The van der Waals surface area contributed by atoms with Crippen LogP contribution in [0, 0.1) is 5.82 Å². The van der Waals surface area contributed by atoms with E-state index in [4.69, 9.17) is 8.83 Å². The van der Waals surface area contributed by atoms with Gasteiger partial charge in [-0.2, -0.15) is 0 Å². The van der Waals surface area contributed by atoms with Crippen LogP contribution < -0.4 is 0 Å². The monoisotopic (exact) mass is 428 g/mol. The van der Waals surface area contributed by atoms with Crippen molar-refractivity contribution in [3.8, 4) is 11.5 Å². The van der Waals surface area contributed by atoms with Crippen LogP contribution in [0.1, 0.15) is 33.7 Å². The van der Waals surface area contributed by atoms with Gasteiger partial charge in [0.25, 0.3) is 5.91 Å². The standard InChI is InChI=1S/C24H17FN4O3/c25-16-7-5-14(6-8-16)23-26-12-20(32-23)24(30)29-10-9-17-21(28-13-27-17)22(29)19-11-15-3-1-2-4-18(15)31-19/h1-8,11-13,22H,9-10H2,(H,27,28)/t22-/m1/s1. The molecule has 7 nitrogen and oxygen atoms in total. The number of aromatic nitrogens is 3. The average Bonchev–Trinajstić information content (AvgIpc) is 3.57. The second kappa shape index (κ2) is 7.19. The second-order valence-corrected chi connectivity index (χ2v) is 7.64. The molecule has 0 aliphatic carbocycles. The minimum absolute atomic E-state index is 0.101. The van der Waals surface area contributed by atoms with Crippen LogP contribution in [0.3, 0.4) is 0 Å². The zero-order chi connectivity index (χ0) is 21.7. The van der Waals surface area contributed by atoms with Crippen LogP contribution in [0.5, 0.6) is 0 Å². The lowest BCUT2D eigenvalue weighted by Crippen LogP contribution is -2.40. The predicted molar refractivity (Wildman–Crippen MR) is 113 cm³/mol. The van der Waals surface area contributed by atoms with E-state index in [0.717, 1.165) is 22.4 Å². The number of nitrogens with one attached hydrogen (secondary N) is 1. The number of halogens is 1. The highest BCUT2D eigenvalue weighted by molar-refractivity contribution is 5.92. The first-order chi connectivity index (χ1) is 15.7. The number of oxazole rings is 1. The van der Waals surface area contributed by atoms with Crippen molar-refractivity contribution in [1.82, 2.24) is 19.9 Å². The Balaban J connectivity index is 1.38. The first-order valence-electron chi connectivity index (χ1n) is 10.2. The van der Waals surface area contributed by atoms with E-state index in [9.17, 15) is 9.18 Å². The number of amides is 1. The van der Waals surface area contributed by atoms with E-state index >= 15 is 0 Å². The fourth-order valence-electron chi connectivity index (χ4n) is 4.16. The third kappa shape index (κ3) is 2.99. The average molecular weight is 428 g/mol. The lowest BCUT2D eigenvalue weighted by molar-refractivity contribution is 0.0641. The Morgan fingerprint density at radius 2 is 1.94 bits per heavy atom. The van der Waals surface area contributed by atoms with Crippen LogP contribution in [0.2, 0.25) is 0 Å². The Bertz CT molecular complexity index is 1400. The van der Waals surface area contributed by atoms with E-state index in [1.54, 1.807) is 23.4 Å². The third-order valence-corrected chi connectivity index (χ3v) is 5.71. The molecule has 4 heterocycles. The molecular weight excluding hydrogens is 411 g/mol. The normalized spacial score (nSPS) is 15.8. The summed E-state index contributed by atoms with van der Waals surface area (Å²) >= 11 is 0. The number of carbonyl (C=O) groups is 1. The van der Waals surface area contributed by atoms with Crippen molar-refractivity contribution in [2.45, 2.75) is 12.5 Å². The maximum atomic E-state index is 13.5. The van der Waals surface area contributed by atoms with Crippen molar-refractivity contribution >= 4 is 16.9 Å². The number of para-hydroxylation sites is 1. The molecule has 1 atom stereocenters. The van der Waals surface area contributed by atoms with E-state index in [2.05, 4.69) is 15.0 Å². The fourth-order valence-corrected chi connectivity index (χ4v) is 4.16. The summed E-state index contributed by atoms with van der Waals surface area (Å²) in [5.41, 5.74) is 3.06. The quantitative estimate of drug-likeness (QED) is 0.449. The molecule has 0 bridgehead atoms. The topological polar surface area (TPSA) is 88.2 Å². The summed E-state index contributed by atoms with van der Waals surface area (Å²) in [5, 5.41) is 0.954. The summed E-state index contributed by atoms with van der Waals surface area (Å²) in [4.78, 5) is 27.0. The molecule has 1 aliphatic rings. The van der Waals surface area contributed by atoms with Gasteiger partial charge in [-0.25, -0.2) is 14.4 Å². The Kier molecular flexibility index (Phi) is 4.17. The number of aromatic amines is 1. The number of furan rings is 1. The number of carbonyl (C=O) groups excluding carboxylic acids is 1. The van der Waals surface area contributed by atoms with Crippen LogP contribution in [0.15, 0.2) is 76.0 Å². The van der Waals surface area contributed by atoms with Crippen LogP contribution in [0.25, 0.3) is 22.4 Å². The molecule has 1 N–H and O–H groups in total. The van der Waals surface area contributed by atoms with Gasteiger partial charge in [0.05, 0.1) is 18.2 Å². The first kappa shape index (κ1) is 18.6. The van der Waals surface area contributed by atoms with Gasteiger partial charge in [0.15, 0.2) is 0 Å². The number of benzene rings is 2. The number of rotatable bonds is 3. The van der Waals surface area contributed by atoms with Crippen molar-refractivity contribution in [2.24, 2.45) is 0 Å². The third-order valence-electron chi connectivity index (χ3n) is 5.71. The summed E-state index contributed by atoms with van der Waals surface area (Å²) in [6.45, 7) is 0.461. The fraction of sp³-hybridized carbons (Fsp3) is 0.125.